The first-order valence-corrected chi connectivity index (χ1v) is 10.7. The fraction of sp³-hybridized carbons (Fsp3) is 0.542. The number of hydrogen-bond donors (Lipinski definition) is 2. The Morgan fingerprint density at radius 1 is 1.03 bits per heavy atom. The number of carbonyl (C=O) groups is 3. The van der Waals surface area contributed by atoms with Gasteiger partial charge in [0.05, 0.1) is 0 Å². The topological polar surface area (TPSA) is 105 Å². The summed E-state index contributed by atoms with van der Waals surface area (Å²) in [5, 5.41) is 12.0. The summed E-state index contributed by atoms with van der Waals surface area (Å²) in [4.78, 5) is 38.7. The Kier molecular flexibility index (Phi) is 8.07. The molecule has 2 atom stereocenters. The maximum absolute atomic E-state index is 12.9. The van der Waals surface area contributed by atoms with Crippen LogP contribution in [0, 0.1) is 0 Å². The average Bonchev–Trinajstić information content (AvgIpc) is 3.01. The number of carboxylic acid groups (broad SMARTS) is 1. The van der Waals surface area contributed by atoms with Crippen LogP contribution in [0.3, 0.4) is 0 Å². The Hall–Kier alpha value is -2.87. The molecule has 0 aliphatic carbocycles. The molecule has 1 amide bonds. The molecule has 1 aliphatic heterocycles. The van der Waals surface area contributed by atoms with Crippen LogP contribution in [-0.2, 0) is 25.6 Å². The predicted octanol–water partition coefficient (Wildman–Crippen LogP) is 3.85. The van der Waals surface area contributed by atoms with Gasteiger partial charge in [-0.1, -0.05) is 30.3 Å². The fourth-order valence-electron chi connectivity index (χ4n) is 3.49. The van der Waals surface area contributed by atoms with Crippen LogP contribution in [0.2, 0.25) is 0 Å². The largest absolute Gasteiger partial charge is 0.477 e. The van der Waals surface area contributed by atoms with Gasteiger partial charge in [-0.25, -0.2) is 9.59 Å². The third kappa shape index (κ3) is 8.00. The molecular weight excluding hydrogens is 412 g/mol. The highest BCUT2D eigenvalue weighted by Gasteiger charge is 2.39. The Bertz CT molecular complexity index is 851. The summed E-state index contributed by atoms with van der Waals surface area (Å²) in [5.41, 5.74) is -0.693. The van der Waals surface area contributed by atoms with Gasteiger partial charge in [0.25, 0.3) is 0 Å². The highest BCUT2D eigenvalue weighted by atomic mass is 16.6. The van der Waals surface area contributed by atoms with E-state index in [0.29, 0.717) is 19.4 Å². The van der Waals surface area contributed by atoms with E-state index in [-0.39, 0.29) is 17.7 Å². The van der Waals surface area contributed by atoms with Crippen molar-refractivity contribution in [2.24, 2.45) is 0 Å². The van der Waals surface area contributed by atoms with Gasteiger partial charge in [-0.2, -0.15) is 0 Å². The first kappa shape index (κ1) is 25.4. The molecular formula is C24H34N2O6. The number of carboxylic acids is 1. The summed E-state index contributed by atoms with van der Waals surface area (Å²) < 4.78 is 10.8. The Balaban J connectivity index is 2.30. The number of nitrogens with zero attached hydrogens (tertiary/aromatic N) is 1. The van der Waals surface area contributed by atoms with Crippen LogP contribution in [0.1, 0.15) is 59.9 Å². The first-order chi connectivity index (χ1) is 14.7. The number of esters is 1. The summed E-state index contributed by atoms with van der Waals surface area (Å²) in [7, 11) is 0. The number of hydrogen-bond acceptors (Lipinski definition) is 6. The lowest BCUT2D eigenvalue weighted by atomic mass is 10.1. The maximum atomic E-state index is 12.9. The van der Waals surface area contributed by atoms with E-state index in [1.165, 1.54) is 6.08 Å². The van der Waals surface area contributed by atoms with E-state index in [9.17, 15) is 19.5 Å². The van der Waals surface area contributed by atoms with Crippen LogP contribution < -0.4 is 5.32 Å². The van der Waals surface area contributed by atoms with E-state index in [4.69, 9.17) is 9.47 Å². The number of amides is 1. The molecule has 2 N–H and O–H groups in total. The van der Waals surface area contributed by atoms with Crippen molar-refractivity contribution in [1.29, 1.82) is 0 Å². The van der Waals surface area contributed by atoms with E-state index < -0.39 is 29.3 Å². The first-order valence-electron chi connectivity index (χ1n) is 10.7. The monoisotopic (exact) mass is 446 g/mol. The Morgan fingerprint density at radius 2 is 1.62 bits per heavy atom. The minimum absolute atomic E-state index is 0.285. The van der Waals surface area contributed by atoms with Gasteiger partial charge in [0.1, 0.15) is 22.9 Å². The zero-order valence-corrected chi connectivity index (χ0v) is 19.7. The second-order valence-electron chi connectivity index (χ2n) is 9.86. The second-order valence-corrected chi connectivity index (χ2v) is 9.86. The molecule has 1 aromatic rings. The van der Waals surface area contributed by atoms with Gasteiger partial charge in [0.2, 0.25) is 0 Å². The molecule has 8 heteroatoms. The lowest BCUT2D eigenvalue weighted by Crippen LogP contribution is -2.43. The molecule has 8 nitrogen and oxygen atoms in total. The highest BCUT2D eigenvalue weighted by molar-refractivity contribution is 5.91. The summed E-state index contributed by atoms with van der Waals surface area (Å²) in [5.74, 6) is -1.63. The molecule has 0 unspecified atom stereocenters. The SMILES string of the molecule is CC(C)(C)OC(=O)N/C(=C/[C@H]1CC[C@@H](C(=O)OC(C)(C)C)N1Cc1ccccc1)C(=O)O. The number of benzene rings is 1. The van der Waals surface area contributed by atoms with Crippen molar-refractivity contribution in [2.45, 2.75) is 84.2 Å². The van der Waals surface area contributed by atoms with E-state index in [1.807, 2.05) is 56.0 Å². The molecule has 1 aromatic carbocycles. The van der Waals surface area contributed by atoms with Crippen molar-refractivity contribution in [3.8, 4) is 0 Å². The van der Waals surface area contributed by atoms with Gasteiger partial charge in [0.15, 0.2) is 0 Å². The second kappa shape index (κ2) is 10.2. The summed E-state index contributed by atoms with van der Waals surface area (Å²) >= 11 is 0. The van der Waals surface area contributed by atoms with Crippen molar-refractivity contribution in [2.75, 3.05) is 0 Å². The number of nitrogens with one attached hydrogen (secondary N) is 1. The van der Waals surface area contributed by atoms with E-state index in [1.54, 1.807) is 20.8 Å². The number of aliphatic carboxylic acids is 1. The summed E-state index contributed by atoms with van der Waals surface area (Å²) in [6.07, 6.45) is 1.69. The van der Waals surface area contributed by atoms with Crippen LogP contribution in [0.4, 0.5) is 4.79 Å². The zero-order valence-electron chi connectivity index (χ0n) is 19.7. The van der Waals surface area contributed by atoms with Crippen molar-refractivity contribution in [3.63, 3.8) is 0 Å². The van der Waals surface area contributed by atoms with Crippen molar-refractivity contribution >= 4 is 18.0 Å². The minimum atomic E-state index is -1.28. The molecule has 0 radical (unpaired) electrons. The number of likely N-dealkylation sites (tertiary alicyclic amines) is 1. The third-order valence-corrected chi connectivity index (χ3v) is 4.67. The molecule has 1 aliphatic rings. The van der Waals surface area contributed by atoms with Crippen LogP contribution in [0.15, 0.2) is 42.1 Å². The molecule has 0 bridgehead atoms. The van der Waals surface area contributed by atoms with Crippen LogP contribution in [0.5, 0.6) is 0 Å². The summed E-state index contributed by atoms with van der Waals surface area (Å²) in [6, 6.07) is 8.71. The molecule has 1 heterocycles. The Labute approximate surface area is 189 Å². The van der Waals surface area contributed by atoms with Crippen LogP contribution in [-0.4, -0.2) is 51.3 Å². The third-order valence-electron chi connectivity index (χ3n) is 4.67. The maximum Gasteiger partial charge on any atom is 0.412 e. The predicted molar refractivity (Wildman–Crippen MR) is 120 cm³/mol. The van der Waals surface area contributed by atoms with Gasteiger partial charge in [-0.05, 0) is 66.0 Å². The standard InChI is InChI=1S/C24H34N2O6/c1-23(2,3)31-21(29)19-13-12-17(26(19)15-16-10-8-7-9-11-16)14-18(20(27)28)25-22(30)32-24(4,5)6/h7-11,14,17,19H,12-13,15H2,1-6H3,(H,25,30)(H,27,28)/b18-14+/t17-,19+/m1/s1. The molecule has 176 valence electrons. The van der Waals surface area contributed by atoms with Crippen LogP contribution in [0.25, 0.3) is 0 Å². The van der Waals surface area contributed by atoms with Gasteiger partial charge < -0.3 is 14.6 Å². The normalized spacial score (nSPS) is 20.0. The van der Waals surface area contributed by atoms with Crippen LogP contribution >= 0.6 is 0 Å². The van der Waals surface area contributed by atoms with Gasteiger partial charge in [0, 0.05) is 12.6 Å². The zero-order chi connectivity index (χ0) is 24.1. The lowest BCUT2D eigenvalue weighted by molar-refractivity contribution is -0.160. The van der Waals surface area contributed by atoms with E-state index >= 15 is 0 Å². The van der Waals surface area contributed by atoms with Gasteiger partial charge in [-0.3, -0.25) is 15.0 Å². The lowest BCUT2D eigenvalue weighted by Gasteiger charge is -2.30. The van der Waals surface area contributed by atoms with E-state index in [0.717, 1.165) is 5.56 Å². The molecule has 0 saturated carbocycles. The highest BCUT2D eigenvalue weighted by Crippen LogP contribution is 2.30. The van der Waals surface area contributed by atoms with Crippen molar-refractivity contribution in [1.82, 2.24) is 10.2 Å². The molecule has 0 spiro atoms. The van der Waals surface area contributed by atoms with Crippen molar-refractivity contribution in [3.05, 3.63) is 47.7 Å². The van der Waals surface area contributed by atoms with Gasteiger partial charge >= 0.3 is 18.0 Å². The quantitative estimate of drug-likeness (QED) is 0.505. The minimum Gasteiger partial charge on any atom is -0.477 e. The van der Waals surface area contributed by atoms with E-state index in [2.05, 4.69) is 5.32 Å². The number of alkyl carbamates (subject to hydrolysis) is 1. The average molecular weight is 447 g/mol. The molecule has 1 saturated heterocycles. The molecule has 32 heavy (non-hydrogen) atoms. The fourth-order valence-corrected chi connectivity index (χ4v) is 3.49. The summed E-state index contributed by atoms with van der Waals surface area (Å²) in [6.45, 7) is 11.0. The molecule has 0 aromatic heterocycles. The number of rotatable bonds is 6. The van der Waals surface area contributed by atoms with Gasteiger partial charge in [-0.15, -0.1) is 0 Å². The molecule has 2 rings (SSSR count). The van der Waals surface area contributed by atoms with Crippen molar-refractivity contribution < 1.29 is 29.0 Å². The molecule has 1 fully saturated rings. The number of carbonyl (C=O) groups excluding carboxylic acids is 2. The number of ether oxygens (including phenoxy) is 2. The Morgan fingerprint density at radius 3 is 2.16 bits per heavy atom. The smallest absolute Gasteiger partial charge is 0.412 e.